The summed E-state index contributed by atoms with van der Waals surface area (Å²) in [5.74, 6) is 0. The number of nitrogens with one attached hydrogen (secondary N) is 1. The largest absolute Gasteiger partial charge is 0.390 e. The number of nitrogens with zero attached hydrogens (tertiary/aromatic N) is 1. The minimum absolute atomic E-state index is 0.251. The van der Waals surface area contributed by atoms with Crippen LogP contribution in [0.5, 0.6) is 0 Å². The van der Waals surface area contributed by atoms with Gasteiger partial charge in [0.1, 0.15) is 6.23 Å². The van der Waals surface area contributed by atoms with E-state index in [0.717, 1.165) is 0 Å². The molecule has 2 rings (SSSR count). The first-order chi connectivity index (χ1) is 8.02. The molecule has 1 saturated heterocycles. The van der Waals surface area contributed by atoms with E-state index in [1.54, 1.807) is 6.92 Å². The SMILES string of the molecule is CC[C@H]1O[C@@H](n2cc(C)c(=O)[nH]c2=O)C[C@@H]1O. The summed E-state index contributed by atoms with van der Waals surface area (Å²) in [6.07, 6.45) is 1.20. The van der Waals surface area contributed by atoms with Crippen molar-refractivity contribution < 1.29 is 9.84 Å². The third kappa shape index (κ3) is 2.18. The lowest BCUT2D eigenvalue weighted by Gasteiger charge is -2.14. The van der Waals surface area contributed by atoms with Gasteiger partial charge in [0, 0.05) is 18.2 Å². The van der Waals surface area contributed by atoms with Crippen molar-refractivity contribution in [1.82, 2.24) is 9.55 Å². The smallest absolute Gasteiger partial charge is 0.330 e. The van der Waals surface area contributed by atoms with Gasteiger partial charge in [0.2, 0.25) is 0 Å². The summed E-state index contributed by atoms with van der Waals surface area (Å²) in [7, 11) is 0. The molecule has 0 amide bonds. The Kier molecular flexibility index (Phi) is 3.17. The highest BCUT2D eigenvalue weighted by Crippen LogP contribution is 2.28. The predicted molar refractivity (Wildman–Crippen MR) is 60.9 cm³/mol. The number of aliphatic hydroxyl groups is 1. The molecule has 3 atom stereocenters. The van der Waals surface area contributed by atoms with Crippen molar-refractivity contribution in [2.75, 3.05) is 0 Å². The van der Waals surface area contributed by atoms with E-state index < -0.39 is 23.6 Å². The fourth-order valence-corrected chi connectivity index (χ4v) is 2.05. The predicted octanol–water partition coefficient (Wildman–Crippen LogP) is -0.0966. The molecule has 0 bridgehead atoms. The van der Waals surface area contributed by atoms with Gasteiger partial charge < -0.3 is 9.84 Å². The summed E-state index contributed by atoms with van der Waals surface area (Å²) in [6, 6.07) is 0. The van der Waals surface area contributed by atoms with Crippen molar-refractivity contribution in [3.05, 3.63) is 32.6 Å². The molecule has 94 valence electrons. The molecule has 0 saturated carbocycles. The second-order valence-electron chi connectivity index (χ2n) is 4.32. The third-order valence-corrected chi connectivity index (χ3v) is 3.06. The second kappa shape index (κ2) is 4.46. The van der Waals surface area contributed by atoms with Gasteiger partial charge in [0.15, 0.2) is 0 Å². The molecule has 1 fully saturated rings. The molecule has 6 nitrogen and oxygen atoms in total. The number of aromatic nitrogens is 2. The molecular formula is C11H16N2O4. The number of aromatic amines is 1. The van der Waals surface area contributed by atoms with E-state index in [1.807, 2.05) is 6.92 Å². The van der Waals surface area contributed by atoms with Crippen molar-refractivity contribution in [3.63, 3.8) is 0 Å². The Labute approximate surface area is 97.9 Å². The van der Waals surface area contributed by atoms with Crippen molar-refractivity contribution >= 4 is 0 Å². The molecular weight excluding hydrogens is 224 g/mol. The van der Waals surface area contributed by atoms with Gasteiger partial charge in [-0.3, -0.25) is 14.3 Å². The second-order valence-corrected chi connectivity index (χ2v) is 4.32. The summed E-state index contributed by atoms with van der Waals surface area (Å²) < 4.78 is 6.90. The van der Waals surface area contributed by atoms with Crippen LogP contribution in [0.4, 0.5) is 0 Å². The van der Waals surface area contributed by atoms with E-state index in [0.29, 0.717) is 18.4 Å². The fraction of sp³-hybridized carbons (Fsp3) is 0.636. The van der Waals surface area contributed by atoms with Gasteiger partial charge in [0.25, 0.3) is 5.56 Å². The van der Waals surface area contributed by atoms with Crippen molar-refractivity contribution in [2.45, 2.75) is 45.1 Å². The first-order valence-corrected chi connectivity index (χ1v) is 5.68. The Morgan fingerprint density at radius 3 is 2.88 bits per heavy atom. The van der Waals surface area contributed by atoms with E-state index in [1.165, 1.54) is 10.8 Å². The van der Waals surface area contributed by atoms with E-state index in [-0.39, 0.29) is 6.10 Å². The van der Waals surface area contributed by atoms with Crippen LogP contribution in [-0.2, 0) is 4.74 Å². The van der Waals surface area contributed by atoms with Crippen LogP contribution < -0.4 is 11.2 Å². The van der Waals surface area contributed by atoms with Gasteiger partial charge in [-0.25, -0.2) is 4.79 Å². The van der Waals surface area contributed by atoms with Crippen molar-refractivity contribution in [1.29, 1.82) is 0 Å². The Balaban J connectivity index is 2.34. The lowest BCUT2D eigenvalue weighted by Crippen LogP contribution is -2.33. The van der Waals surface area contributed by atoms with Gasteiger partial charge >= 0.3 is 5.69 Å². The number of hydrogen-bond donors (Lipinski definition) is 2. The molecule has 2 N–H and O–H groups in total. The zero-order valence-electron chi connectivity index (χ0n) is 9.84. The van der Waals surface area contributed by atoms with E-state index >= 15 is 0 Å². The van der Waals surface area contributed by atoms with Gasteiger partial charge in [0.05, 0.1) is 12.2 Å². The maximum atomic E-state index is 11.6. The summed E-state index contributed by atoms with van der Waals surface area (Å²) in [4.78, 5) is 25.1. The van der Waals surface area contributed by atoms with Crippen LogP contribution in [-0.4, -0.2) is 26.9 Å². The first kappa shape index (κ1) is 12.1. The van der Waals surface area contributed by atoms with Crippen LogP contribution in [0.25, 0.3) is 0 Å². The molecule has 1 aliphatic rings. The number of hydrogen-bond acceptors (Lipinski definition) is 4. The third-order valence-electron chi connectivity index (χ3n) is 3.06. The van der Waals surface area contributed by atoms with Crippen LogP contribution in [0.1, 0.15) is 31.6 Å². The highest BCUT2D eigenvalue weighted by atomic mass is 16.5. The minimum Gasteiger partial charge on any atom is -0.390 e. The maximum Gasteiger partial charge on any atom is 0.330 e. The minimum atomic E-state index is -0.566. The van der Waals surface area contributed by atoms with Crippen molar-refractivity contribution in [3.8, 4) is 0 Å². The topological polar surface area (TPSA) is 84.3 Å². The lowest BCUT2D eigenvalue weighted by atomic mass is 10.1. The Morgan fingerprint density at radius 1 is 1.59 bits per heavy atom. The molecule has 6 heteroatoms. The molecule has 1 aromatic rings. The van der Waals surface area contributed by atoms with E-state index in [9.17, 15) is 14.7 Å². The van der Waals surface area contributed by atoms with Crippen LogP contribution in [0.15, 0.2) is 15.8 Å². The molecule has 0 radical (unpaired) electrons. The fourth-order valence-electron chi connectivity index (χ4n) is 2.05. The molecule has 1 aliphatic heterocycles. The molecule has 17 heavy (non-hydrogen) atoms. The first-order valence-electron chi connectivity index (χ1n) is 5.68. The summed E-state index contributed by atoms with van der Waals surface area (Å²) >= 11 is 0. The Hall–Kier alpha value is -1.40. The summed E-state index contributed by atoms with van der Waals surface area (Å²) in [5, 5.41) is 9.72. The molecule has 0 aromatic carbocycles. The van der Waals surface area contributed by atoms with Gasteiger partial charge in [-0.05, 0) is 13.3 Å². The van der Waals surface area contributed by atoms with E-state index in [2.05, 4.69) is 4.98 Å². The standard InChI is InChI=1S/C11H16N2O4/c1-3-8-7(14)4-9(17-8)13-5-6(2)10(15)12-11(13)16/h5,7-9,14H,3-4H2,1-2H3,(H,12,15,16)/t7-,8+,9+/m0/s1. The van der Waals surface area contributed by atoms with E-state index in [4.69, 9.17) is 4.74 Å². The maximum absolute atomic E-state index is 11.6. The lowest BCUT2D eigenvalue weighted by molar-refractivity contribution is -0.0218. The summed E-state index contributed by atoms with van der Waals surface area (Å²) in [6.45, 7) is 3.54. The van der Waals surface area contributed by atoms with Crippen LogP contribution in [0.2, 0.25) is 0 Å². The number of H-pyrrole nitrogens is 1. The van der Waals surface area contributed by atoms with Crippen molar-refractivity contribution in [2.24, 2.45) is 0 Å². The van der Waals surface area contributed by atoms with Gasteiger partial charge in [-0.15, -0.1) is 0 Å². The number of aryl methyl sites for hydroxylation is 1. The number of rotatable bonds is 2. The monoisotopic (exact) mass is 240 g/mol. The average molecular weight is 240 g/mol. The molecule has 0 spiro atoms. The number of ether oxygens (including phenoxy) is 1. The number of aliphatic hydroxyl groups excluding tert-OH is 1. The molecule has 0 unspecified atom stereocenters. The quantitative estimate of drug-likeness (QED) is 0.756. The van der Waals surface area contributed by atoms with Crippen LogP contribution in [0, 0.1) is 6.92 Å². The molecule has 1 aromatic heterocycles. The normalized spacial score (nSPS) is 28.5. The van der Waals surface area contributed by atoms with Crippen LogP contribution >= 0.6 is 0 Å². The molecule has 2 heterocycles. The molecule has 0 aliphatic carbocycles. The van der Waals surface area contributed by atoms with Crippen LogP contribution in [0.3, 0.4) is 0 Å². The zero-order chi connectivity index (χ0) is 12.6. The van der Waals surface area contributed by atoms with Gasteiger partial charge in [-0.1, -0.05) is 6.92 Å². The zero-order valence-corrected chi connectivity index (χ0v) is 9.84. The summed E-state index contributed by atoms with van der Waals surface area (Å²) in [5.41, 5.74) is -0.450. The Bertz CT molecular complexity index is 519. The Morgan fingerprint density at radius 2 is 2.29 bits per heavy atom. The highest BCUT2D eigenvalue weighted by Gasteiger charge is 2.34. The highest BCUT2D eigenvalue weighted by molar-refractivity contribution is 5.01. The van der Waals surface area contributed by atoms with Gasteiger partial charge in [-0.2, -0.15) is 0 Å². The average Bonchev–Trinajstić information content (AvgIpc) is 2.65.